The van der Waals surface area contributed by atoms with Gasteiger partial charge in [0.2, 0.25) is 0 Å². The van der Waals surface area contributed by atoms with Gasteiger partial charge in [0.25, 0.3) is 11.4 Å². The van der Waals surface area contributed by atoms with Crippen molar-refractivity contribution in [1.29, 1.82) is 0 Å². The van der Waals surface area contributed by atoms with E-state index in [9.17, 15) is 20.2 Å². The maximum Gasteiger partial charge on any atom is 0.299 e. The van der Waals surface area contributed by atoms with Crippen LogP contribution in [-0.4, -0.2) is 14.8 Å². The molecule has 0 radical (unpaired) electrons. The molecule has 1 N–H and O–H groups in total. The number of anilines is 2. The summed E-state index contributed by atoms with van der Waals surface area (Å²) in [5.41, 5.74) is 0.103. The van der Waals surface area contributed by atoms with Crippen molar-refractivity contribution in [3.05, 3.63) is 63.0 Å². The zero-order chi connectivity index (χ0) is 13.8. The van der Waals surface area contributed by atoms with Crippen molar-refractivity contribution < 1.29 is 9.85 Å². The lowest BCUT2D eigenvalue weighted by Gasteiger charge is -2.06. The van der Waals surface area contributed by atoms with E-state index >= 15 is 0 Å². The highest BCUT2D eigenvalue weighted by Gasteiger charge is 2.19. The Labute approximate surface area is 107 Å². The standard InChI is InChI=1S/C11H8N4O4/c16-14(17)9-1-2-10(11(7-9)15(18)19)13-8-3-5-12-6-4-8/h1-7H,(H,12,13). The first-order valence-electron chi connectivity index (χ1n) is 5.18. The number of nitro benzene ring substituents is 2. The fourth-order valence-electron chi connectivity index (χ4n) is 1.48. The quantitative estimate of drug-likeness (QED) is 0.668. The molecule has 96 valence electrons. The summed E-state index contributed by atoms with van der Waals surface area (Å²) in [4.78, 5) is 24.0. The van der Waals surface area contributed by atoms with E-state index in [0.717, 1.165) is 6.07 Å². The van der Waals surface area contributed by atoms with Crippen LogP contribution >= 0.6 is 0 Å². The van der Waals surface area contributed by atoms with Crippen LogP contribution in [-0.2, 0) is 0 Å². The molecule has 0 bridgehead atoms. The van der Waals surface area contributed by atoms with Gasteiger partial charge in [-0.1, -0.05) is 0 Å². The molecular formula is C11H8N4O4. The molecule has 2 rings (SSSR count). The Balaban J connectivity index is 2.40. The first kappa shape index (κ1) is 12.4. The normalized spacial score (nSPS) is 9.89. The summed E-state index contributed by atoms with van der Waals surface area (Å²) >= 11 is 0. The minimum Gasteiger partial charge on any atom is -0.350 e. The van der Waals surface area contributed by atoms with Crippen molar-refractivity contribution in [2.45, 2.75) is 0 Å². The second-order valence-electron chi connectivity index (χ2n) is 3.58. The molecule has 1 aromatic heterocycles. The first-order chi connectivity index (χ1) is 9.08. The number of benzene rings is 1. The third kappa shape index (κ3) is 2.80. The summed E-state index contributed by atoms with van der Waals surface area (Å²) in [7, 11) is 0. The SMILES string of the molecule is O=[N+]([O-])c1ccc(Nc2ccncc2)c([N+](=O)[O-])c1. The monoisotopic (exact) mass is 260 g/mol. The van der Waals surface area contributed by atoms with Crippen molar-refractivity contribution in [1.82, 2.24) is 4.98 Å². The van der Waals surface area contributed by atoms with Crippen molar-refractivity contribution in [3.63, 3.8) is 0 Å². The maximum absolute atomic E-state index is 10.9. The number of pyridine rings is 1. The average Bonchev–Trinajstić information content (AvgIpc) is 2.39. The lowest BCUT2D eigenvalue weighted by Crippen LogP contribution is -1.98. The number of hydrogen-bond acceptors (Lipinski definition) is 6. The van der Waals surface area contributed by atoms with E-state index in [0.29, 0.717) is 5.69 Å². The van der Waals surface area contributed by atoms with Gasteiger partial charge in [-0.05, 0) is 18.2 Å². The number of rotatable bonds is 4. The fourth-order valence-corrected chi connectivity index (χ4v) is 1.48. The number of hydrogen-bond donors (Lipinski definition) is 1. The molecule has 0 amide bonds. The first-order valence-corrected chi connectivity index (χ1v) is 5.18. The van der Waals surface area contributed by atoms with Crippen LogP contribution in [0.25, 0.3) is 0 Å². The highest BCUT2D eigenvalue weighted by atomic mass is 16.6. The molecule has 0 saturated heterocycles. The fraction of sp³-hybridized carbons (Fsp3) is 0. The third-order valence-electron chi connectivity index (χ3n) is 2.35. The molecule has 0 saturated carbocycles. The Morgan fingerprint density at radius 1 is 1.00 bits per heavy atom. The van der Waals surface area contributed by atoms with E-state index in [1.165, 1.54) is 24.5 Å². The van der Waals surface area contributed by atoms with Gasteiger partial charge in [0.05, 0.1) is 15.9 Å². The van der Waals surface area contributed by atoms with E-state index in [2.05, 4.69) is 10.3 Å². The molecule has 2 aromatic rings. The van der Waals surface area contributed by atoms with Crippen LogP contribution in [0.1, 0.15) is 0 Å². The highest BCUT2D eigenvalue weighted by Crippen LogP contribution is 2.30. The lowest BCUT2D eigenvalue weighted by molar-refractivity contribution is -0.393. The summed E-state index contributed by atoms with van der Waals surface area (Å²) < 4.78 is 0. The van der Waals surface area contributed by atoms with Gasteiger partial charge in [0.15, 0.2) is 0 Å². The molecule has 1 aromatic carbocycles. The van der Waals surface area contributed by atoms with Gasteiger partial charge in [0.1, 0.15) is 5.69 Å². The van der Waals surface area contributed by atoms with Gasteiger partial charge in [-0.2, -0.15) is 0 Å². The Kier molecular flexibility index (Phi) is 3.33. The van der Waals surface area contributed by atoms with Crippen LogP contribution in [0, 0.1) is 20.2 Å². The number of nitro groups is 2. The summed E-state index contributed by atoms with van der Waals surface area (Å²) in [5.74, 6) is 0. The highest BCUT2D eigenvalue weighted by molar-refractivity contribution is 5.71. The Bertz CT molecular complexity index is 630. The topological polar surface area (TPSA) is 111 Å². The molecule has 0 aliphatic carbocycles. The summed E-state index contributed by atoms with van der Waals surface area (Å²) in [5, 5.41) is 24.3. The van der Waals surface area contributed by atoms with Crippen molar-refractivity contribution in [2.75, 3.05) is 5.32 Å². The second-order valence-corrected chi connectivity index (χ2v) is 3.58. The van der Waals surface area contributed by atoms with E-state index in [1.807, 2.05) is 0 Å². The van der Waals surface area contributed by atoms with Gasteiger partial charge >= 0.3 is 0 Å². The second kappa shape index (κ2) is 5.08. The van der Waals surface area contributed by atoms with Crippen LogP contribution in [0.5, 0.6) is 0 Å². The average molecular weight is 260 g/mol. The van der Waals surface area contributed by atoms with Gasteiger partial charge < -0.3 is 5.32 Å². The molecule has 0 atom stereocenters. The van der Waals surface area contributed by atoms with Gasteiger partial charge in [-0.15, -0.1) is 0 Å². The van der Waals surface area contributed by atoms with E-state index in [1.54, 1.807) is 12.1 Å². The minimum atomic E-state index is -0.677. The number of nitrogens with zero attached hydrogens (tertiary/aromatic N) is 3. The summed E-state index contributed by atoms with van der Waals surface area (Å²) in [6.45, 7) is 0. The molecular weight excluding hydrogens is 252 g/mol. The van der Waals surface area contributed by atoms with Crippen LogP contribution < -0.4 is 5.32 Å². The van der Waals surface area contributed by atoms with E-state index < -0.39 is 9.85 Å². The largest absolute Gasteiger partial charge is 0.350 e. The van der Waals surface area contributed by atoms with E-state index in [4.69, 9.17) is 0 Å². The number of non-ortho nitro benzene ring substituents is 1. The molecule has 8 heteroatoms. The van der Waals surface area contributed by atoms with Gasteiger partial charge in [-0.25, -0.2) is 0 Å². The number of nitrogens with one attached hydrogen (secondary N) is 1. The summed E-state index contributed by atoms with van der Waals surface area (Å²) in [6.07, 6.45) is 3.05. The van der Waals surface area contributed by atoms with Crippen LogP contribution in [0.15, 0.2) is 42.7 Å². The molecule has 0 unspecified atom stereocenters. The Morgan fingerprint density at radius 2 is 1.68 bits per heavy atom. The van der Waals surface area contributed by atoms with Crippen molar-refractivity contribution >= 4 is 22.7 Å². The Morgan fingerprint density at radius 3 is 2.26 bits per heavy atom. The predicted molar refractivity (Wildman–Crippen MR) is 67.3 cm³/mol. The van der Waals surface area contributed by atoms with Crippen LogP contribution in [0.2, 0.25) is 0 Å². The molecule has 8 nitrogen and oxygen atoms in total. The molecule has 0 fully saturated rings. The van der Waals surface area contributed by atoms with Crippen LogP contribution in [0.4, 0.5) is 22.7 Å². The lowest BCUT2D eigenvalue weighted by atomic mass is 10.2. The zero-order valence-corrected chi connectivity index (χ0v) is 9.52. The summed E-state index contributed by atoms with van der Waals surface area (Å²) in [6, 6.07) is 6.69. The maximum atomic E-state index is 10.9. The minimum absolute atomic E-state index is 0.182. The zero-order valence-electron chi connectivity index (χ0n) is 9.52. The van der Waals surface area contributed by atoms with Gasteiger partial charge in [0, 0.05) is 24.1 Å². The smallest absolute Gasteiger partial charge is 0.299 e. The molecule has 0 spiro atoms. The van der Waals surface area contributed by atoms with Gasteiger partial charge in [-0.3, -0.25) is 25.2 Å². The molecule has 0 aliphatic heterocycles. The van der Waals surface area contributed by atoms with Crippen LogP contribution in [0.3, 0.4) is 0 Å². The molecule has 19 heavy (non-hydrogen) atoms. The third-order valence-corrected chi connectivity index (χ3v) is 2.35. The molecule has 1 heterocycles. The van der Waals surface area contributed by atoms with E-state index in [-0.39, 0.29) is 17.1 Å². The number of aromatic nitrogens is 1. The Hall–Kier alpha value is -3.03. The predicted octanol–water partition coefficient (Wildman–Crippen LogP) is 2.64. The molecule has 0 aliphatic rings. The van der Waals surface area contributed by atoms with Crippen molar-refractivity contribution in [3.8, 4) is 0 Å². The van der Waals surface area contributed by atoms with Crippen molar-refractivity contribution in [2.24, 2.45) is 0 Å².